The first-order chi connectivity index (χ1) is 10.1. The molecule has 1 unspecified atom stereocenters. The number of anilines is 1. The van der Waals surface area contributed by atoms with Crippen molar-refractivity contribution in [2.75, 3.05) is 18.4 Å². The van der Waals surface area contributed by atoms with Gasteiger partial charge in [-0.05, 0) is 44.0 Å². The third-order valence-corrected chi connectivity index (χ3v) is 4.05. The first-order valence-electron chi connectivity index (χ1n) is 7.43. The van der Waals surface area contributed by atoms with E-state index in [1.54, 1.807) is 12.1 Å². The molecule has 114 valence electrons. The molecular formula is C16H22N2O3. The molecule has 3 N–H and O–H groups in total. The molecule has 0 saturated carbocycles. The Labute approximate surface area is 124 Å². The van der Waals surface area contributed by atoms with E-state index in [4.69, 9.17) is 5.11 Å². The van der Waals surface area contributed by atoms with E-state index in [9.17, 15) is 9.59 Å². The molecule has 5 heteroatoms. The second-order valence-electron chi connectivity index (χ2n) is 5.65. The van der Waals surface area contributed by atoms with Crippen LogP contribution >= 0.6 is 0 Å². The Morgan fingerprint density at radius 3 is 2.86 bits per heavy atom. The summed E-state index contributed by atoms with van der Waals surface area (Å²) in [5.74, 6) is -1.01. The van der Waals surface area contributed by atoms with Crippen LogP contribution in [0.3, 0.4) is 0 Å². The van der Waals surface area contributed by atoms with E-state index in [2.05, 4.69) is 17.6 Å². The number of carboxylic acids is 1. The van der Waals surface area contributed by atoms with Gasteiger partial charge in [0.2, 0.25) is 5.91 Å². The van der Waals surface area contributed by atoms with Crippen LogP contribution in [0.25, 0.3) is 0 Å². The number of carbonyl (C=O) groups is 2. The lowest BCUT2D eigenvalue weighted by Gasteiger charge is -2.36. The number of carboxylic acid groups (broad SMARTS) is 1. The van der Waals surface area contributed by atoms with Crippen LogP contribution in [-0.4, -0.2) is 30.1 Å². The standard InChI is InChI=1S/C16H22N2O3/c1-2-7-16(8-4-9-17-11-16)15(21)18-13-6-3-5-12(10-13)14(19)20/h3,5-6,10,17H,2,4,7-9,11H2,1H3,(H,18,21)(H,19,20). The number of hydrogen-bond acceptors (Lipinski definition) is 3. The van der Waals surface area contributed by atoms with Crippen molar-refractivity contribution in [3.05, 3.63) is 29.8 Å². The Kier molecular flexibility index (Phi) is 4.96. The molecule has 21 heavy (non-hydrogen) atoms. The lowest BCUT2D eigenvalue weighted by atomic mass is 9.76. The Morgan fingerprint density at radius 1 is 1.43 bits per heavy atom. The quantitative estimate of drug-likeness (QED) is 0.778. The van der Waals surface area contributed by atoms with Gasteiger partial charge in [-0.1, -0.05) is 19.4 Å². The Morgan fingerprint density at radius 2 is 2.24 bits per heavy atom. The Bertz CT molecular complexity index is 516. The van der Waals surface area contributed by atoms with E-state index < -0.39 is 5.97 Å². The van der Waals surface area contributed by atoms with Gasteiger partial charge in [-0.15, -0.1) is 0 Å². The number of benzene rings is 1. The van der Waals surface area contributed by atoms with E-state index in [0.717, 1.165) is 32.2 Å². The van der Waals surface area contributed by atoms with Gasteiger partial charge in [0.1, 0.15) is 0 Å². The van der Waals surface area contributed by atoms with Crippen LogP contribution in [-0.2, 0) is 4.79 Å². The summed E-state index contributed by atoms with van der Waals surface area (Å²) in [5.41, 5.74) is 0.340. The molecule has 5 nitrogen and oxygen atoms in total. The van der Waals surface area contributed by atoms with Gasteiger partial charge >= 0.3 is 5.97 Å². The zero-order chi connectivity index (χ0) is 15.3. The summed E-state index contributed by atoms with van der Waals surface area (Å²) in [6.45, 7) is 3.72. The van der Waals surface area contributed by atoms with Crippen molar-refractivity contribution in [3.63, 3.8) is 0 Å². The molecular weight excluding hydrogens is 268 g/mol. The van der Waals surface area contributed by atoms with E-state index >= 15 is 0 Å². The highest BCUT2D eigenvalue weighted by Crippen LogP contribution is 2.33. The van der Waals surface area contributed by atoms with Gasteiger partial charge in [0.25, 0.3) is 0 Å². The fraction of sp³-hybridized carbons (Fsp3) is 0.500. The summed E-state index contributed by atoms with van der Waals surface area (Å²) in [5, 5.41) is 15.2. The van der Waals surface area contributed by atoms with E-state index in [1.165, 1.54) is 12.1 Å². The molecule has 1 aromatic carbocycles. The molecule has 0 radical (unpaired) electrons. The Hall–Kier alpha value is -1.88. The van der Waals surface area contributed by atoms with E-state index in [1.807, 2.05) is 0 Å². The van der Waals surface area contributed by atoms with Crippen molar-refractivity contribution in [2.45, 2.75) is 32.6 Å². The molecule has 1 atom stereocenters. The molecule has 0 aliphatic carbocycles. The van der Waals surface area contributed by atoms with Crippen molar-refractivity contribution in [1.82, 2.24) is 5.32 Å². The first kappa shape index (κ1) is 15.5. The maximum Gasteiger partial charge on any atom is 0.335 e. The van der Waals surface area contributed by atoms with E-state index in [-0.39, 0.29) is 16.9 Å². The third kappa shape index (κ3) is 3.61. The number of nitrogens with one attached hydrogen (secondary N) is 2. The minimum atomic E-state index is -0.992. The van der Waals surface area contributed by atoms with Crippen LogP contribution in [0.1, 0.15) is 43.0 Å². The van der Waals surface area contributed by atoms with Crippen LogP contribution in [0.5, 0.6) is 0 Å². The summed E-state index contributed by atoms with van der Waals surface area (Å²) in [6.07, 6.45) is 3.65. The molecule has 1 aliphatic heterocycles. The molecule has 0 aromatic heterocycles. The van der Waals surface area contributed by atoms with Crippen molar-refractivity contribution in [2.24, 2.45) is 5.41 Å². The largest absolute Gasteiger partial charge is 0.478 e. The van der Waals surface area contributed by atoms with Gasteiger partial charge in [0.05, 0.1) is 11.0 Å². The topological polar surface area (TPSA) is 78.4 Å². The van der Waals surface area contributed by atoms with Crippen LogP contribution < -0.4 is 10.6 Å². The number of hydrogen-bond donors (Lipinski definition) is 3. The molecule has 1 fully saturated rings. The second-order valence-corrected chi connectivity index (χ2v) is 5.65. The lowest BCUT2D eigenvalue weighted by molar-refractivity contribution is -0.127. The highest BCUT2D eigenvalue weighted by molar-refractivity contribution is 5.97. The predicted octanol–water partition coefficient (Wildman–Crippen LogP) is 2.49. The van der Waals surface area contributed by atoms with Gasteiger partial charge in [0, 0.05) is 12.2 Å². The summed E-state index contributed by atoms with van der Waals surface area (Å²) >= 11 is 0. The maximum absolute atomic E-state index is 12.7. The predicted molar refractivity (Wildman–Crippen MR) is 81.5 cm³/mol. The van der Waals surface area contributed by atoms with Crippen LogP contribution in [0.15, 0.2) is 24.3 Å². The smallest absolute Gasteiger partial charge is 0.335 e. The summed E-state index contributed by atoms with van der Waals surface area (Å²) < 4.78 is 0. The average molecular weight is 290 g/mol. The van der Waals surface area contributed by atoms with Gasteiger partial charge in [-0.3, -0.25) is 4.79 Å². The molecule has 1 aliphatic rings. The van der Waals surface area contributed by atoms with Crippen LogP contribution in [0.4, 0.5) is 5.69 Å². The molecule has 0 spiro atoms. The average Bonchev–Trinajstić information content (AvgIpc) is 2.48. The zero-order valence-electron chi connectivity index (χ0n) is 12.3. The third-order valence-electron chi connectivity index (χ3n) is 4.05. The van der Waals surface area contributed by atoms with Gasteiger partial charge < -0.3 is 15.7 Å². The van der Waals surface area contributed by atoms with E-state index in [0.29, 0.717) is 12.2 Å². The number of amides is 1. The molecule has 1 heterocycles. The summed E-state index contributed by atoms with van der Waals surface area (Å²) in [6, 6.07) is 6.38. The molecule has 1 aromatic rings. The van der Waals surface area contributed by atoms with Crippen LogP contribution in [0, 0.1) is 5.41 Å². The summed E-state index contributed by atoms with van der Waals surface area (Å²) in [4.78, 5) is 23.6. The van der Waals surface area contributed by atoms with Gasteiger partial charge in [-0.25, -0.2) is 4.79 Å². The molecule has 2 rings (SSSR count). The maximum atomic E-state index is 12.7. The lowest BCUT2D eigenvalue weighted by Crippen LogP contribution is -2.48. The molecule has 1 saturated heterocycles. The first-order valence-corrected chi connectivity index (χ1v) is 7.43. The normalized spacial score (nSPS) is 21.8. The van der Waals surface area contributed by atoms with Gasteiger partial charge in [0.15, 0.2) is 0 Å². The number of aromatic carboxylic acids is 1. The van der Waals surface area contributed by atoms with Crippen molar-refractivity contribution >= 4 is 17.6 Å². The van der Waals surface area contributed by atoms with Crippen molar-refractivity contribution in [1.29, 1.82) is 0 Å². The molecule has 0 bridgehead atoms. The van der Waals surface area contributed by atoms with Crippen molar-refractivity contribution < 1.29 is 14.7 Å². The highest BCUT2D eigenvalue weighted by Gasteiger charge is 2.38. The fourth-order valence-electron chi connectivity index (χ4n) is 2.96. The fourth-order valence-corrected chi connectivity index (χ4v) is 2.96. The monoisotopic (exact) mass is 290 g/mol. The highest BCUT2D eigenvalue weighted by atomic mass is 16.4. The van der Waals surface area contributed by atoms with Crippen LogP contribution in [0.2, 0.25) is 0 Å². The number of rotatable bonds is 5. The molecule has 1 amide bonds. The number of piperidine rings is 1. The van der Waals surface area contributed by atoms with Gasteiger partial charge in [-0.2, -0.15) is 0 Å². The second kappa shape index (κ2) is 6.72. The minimum Gasteiger partial charge on any atom is -0.478 e. The zero-order valence-corrected chi connectivity index (χ0v) is 12.3. The number of carbonyl (C=O) groups excluding carboxylic acids is 1. The Balaban J connectivity index is 2.15. The summed E-state index contributed by atoms with van der Waals surface area (Å²) in [7, 11) is 0. The van der Waals surface area contributed by atoms with Crippen molar-refractivity contribution in [3.8, 4) is 0 Å². The SMILES string of the molecule is CCCC1(C(=O)Nc2cccc(C(=O)O)c2)CCCNC1. The minimum absolute atomic E-state index is 0.0147.